The zero-order valence-electron chi connectivity index (χ0n) is 15.3. The molecule has 2 aromatic carbocycles. The number of non-ortho nitro benzene ring substituents is 1. The molecule has 1 heterocycles. The zero-order valence-corrected chi connectivity index (χ0v) is 16.1. The topological polar surface area (TPSA) is 107 Å². The Kier molecular flexibility index (Phi) is 6.25. The highest BCUT2D eigenvalue weighted by Gasteiger charge is 2.14. The molecule has 0 bridgehead atoms. The van der Waals surface area contributed by atoms with Gasteiger partial charge >= 0.3 is 0 Å². The lowest BCUT2D eigenvalue weighted by Crippen LogP contribution is -2.24. The number of nitro benzene ring substituents is 1. The summed E-state index contributed by atoms with van der Waals surface area (Å²) in [6, 6.07) is 14.6. The van der Waals surface area contributed by atoms with E-state index in [9.17, 15) is 14.9 Å². The SMILES string of the molecule is Cc1ccc(OCC(=O)N/N=C/c2ccc(-c3cc([N+](=O)[O-])ccc3Cl)o2)cc1. The first-order chi connectivity index (χ1) is 13.9. The van der Waals surface area contributed by atoms with Crippen LogP contribution in [0.25, 0.3) is 11.3 Å². The Morgan fingerprint density at radius 1 is 1.24 bits per heavy atom. The number of nitro groups is 1. The van der Waals surface area contributed by atoms with Crippen molar-refractivity contribution >= 4 is 29.4 Å². The summed E-state index contributed by atoms with van der Waals surface area (Å²) in [5.74, 6) is 0.825. The maximum absolute atomic E-state index is 11.8. The molecule has 0 aliphatic heterocycles. The summed E-state index contributed by atoms with van der Waals surface area (Å²) >= 11 is 6.10. The minimum absolute atomic E-state index is 0.100. The van der Waals surface area contributed by atoms with Gasteiger partial charge in [0.05, 0.1) is 16.2 Å². The molecule has 0 fully saturated rings. The van der Waals surface area contributed by atoms with Crippen molar-refractivity contribution in [3.05, 3.63) is 81.1 Å². The van der Waals surface area contributed by atoms with Gasteiger partial charge in [0.1, 0.15) is 17.3 Å². The number of rotatable bonds is 7. The number of ether oxygens (including phenoxy) is 1. The third-order valence-electron chi connectivity index (χ3n) is 3.82. The normalized spacial score (nSPS) is 10.8. The second kappa shape index (κ2) is 9.03. The largest absolute Gasteiger partial charge is 0.484 e. The van der Waals surface area contributed by atoms with Crippen molar-refractivity contribution in [3.8, 4) is 17.1 Å². The van der Waals surface area contributed by atoms with Gasteiger partial charge < -0.3 is 9.15 Å². The van der Waals surface area contributed by atoms with E-state index < -0.39 is 10.8 Å². The van der Waals surface area contributed by atoms with Crippen molar-refractivity contribution < 1.29 is 18.9 Å². The minimum Gasteiger partial charge on any atom is -0.484 e. The van der Waals surface area contributed by atoms with Crippen LogP contribution in [0.3, 0.4) is 0 Å². The molecular weight excluding hydrogens is 398 g/mol. The van der Waals surface area contributed by atoms with Crippen LogP contribution in [0, 0.1) is 17.0 Å². The number of carbonyl (C=O) groups excluding carboxylic acids is 1. The number of aryl methyl sites for hydroxylation is 1. The van der Waals surface area contributed by atoms with E-state index in [0.29, 0.717) is 27.9 Å². The molecule has 0 saturated heterocycles. The third kappa shape index (κ3) is 5.43. The summed E-state index contributed by atoms with van der Waals surface area (Å²) in [6.07, 6.45) is 1.30. The van der Waals surface area contributed by atoms with E-state index in [4.69, 9.17) is 20.8 Å². The van der Waals surface area contributed by atoms with Crippen LogP contribution in [0.2, 0.25) is 5.02 Å². The van der Waals surface area contributed by atoms with Crippen LogP contribution in [0.1, 0.15) is 11.3 Å². The van der Waals surface area contributed by atoms with Gasteiger partial charge in [-0.2, -0.15) is 5.10 Å². The molecule has 9 heteroatoms. The summed E-state index contributed by atoms with van der Waals surface area (Å²) in [5.41, 5.74) is 3.71. The predicted molar refractivity (Wildman–Crippen MR) is 108 cm³/mol. The van der Waals surface area contributed by atoms with Crippen LogP contribution >= 0.6 is 11.6 Å². The first-order valence-corrected chi connectivity index (χ1v) is 8.85. The highest BCUT2D eigenvalue weighted by atomic mass is 35.5. The lowest BCUT2D eigenvalue weighted by atomic mass is 10.1. The van der Waals surface area contributed by atoms with Crippen molar-refractivity contribution in [1.29, 1.82) is 0 Å². The van der Waals surface area contributed by atoms with Crippen LogP contribution in [-0.2, 0) is 4.79 Å². The van der Waals surface area contributed by atoms with E-state index in [2.05, 4.69) is 10.5 Å². The molecule has 29 heavy (non-hydrogen) atoms. The Morgan fingerprint density at radius 2 is 2.00 bits per heavy atom. The highest BCUT2D eigenvalue weighted by molar-refractivity contribution is 6.33. The fraction of sp³-hybridized carbons (Fsp3) is 0.100. The summed E-state index contributed by atoms with van der Waals surface area (Å²) in [5, 5.41) is 15.0. The van der Waals surface area contributed by atoms with Crippen LogP contribution < -0.4 is 10.2 Å². The number of nitrogens with one attached hydrogen (secondary N) is 1. The van der Waals surface area contributed by atoms with Gasteiger partial charge in [0, 0.05) is 17.7 Å². The summed E-state index contributed by atoms with van der Waals surface area (Å²) in [4.78, 5) is 22.2. The monoisotopic (exact) mass is 413 g/mol. The zero-order chi connectivity index (χ0) is 20.8. The van der Waals surface area contributed by atoms with Gasteiger partial charge in [-0.05, 0) is 37.3 Å². The summed E-state index contributed by atoms with van der Waals surface area (Å²) in [7, 11) is 0. The number of hydrogen-bond acceptors (Lipinski definition) is 6. The van der Waals surface area contributed by atoms with Gasteiger partial charge in [0.25, 0.3) is 11.6 Å². The quantitative estimate of drug-likeness (QED) is 0.352. The average Bonchev–Trinajstić information content (AvgIpc) is 3.16. The van der Waals surface area contributed by atoms with Gasteiger partial charge in [-0.1, -0.05) is 29.3 Å². The van der Waals surface area contributed by atoms with Gasteiger partial charge in [0.15, 0.2) is 6.61 Å². The minimum atomic E-state index is -0.515. The van der Waals surface area contributed by atoms with E-state index in [1.54, 1.807) is 24.3 Å². The molecule has 0 atom stereocenters. The number of halogens is 1. The molecule has 0 aliphatic carbocycles. The first kappa shape index (κ1) is 20.1. The third-order valence-corrected chi connectivity index (χ3v) is 4.15. The Balaban J connectivity index is 1.58. The van der Waals surface area contributed by atoms with Crippen LogP contribution in [-0.4, -0.2) is 23.7 Å². The van der Waals surface area contributed by atoms with Gasteiger partial charge in [0.2, 0.25) is 0 Å². The van der Waals surface area contributed by atoms with Crippen molar-refractivity contribution in [3.63, 3.8) is 0 Å². The van der Waals surface area contributed by atoms with E-state index in [1.165, 1.54) is 24.4 Å². The van der Waals surface area contributed by atoms with Crippen molar-refractivity contribution in [2.75, 3.05) is 6.61 Å². The van der Waals surface area contributed by atoms with E-state index in [1.807, 2.05) is 19.1 Å². The molecule has 1 N–H and O–H groups in total. The highest BCUT2D eigenvalue weighted by Crippen LogP contribution is 2.32. The molecule has 0 saturated carbocycles. The van der Waals surface area contributed by atoms with Crippen LogP contribution in [0.4, 0.5) is 5.69 Å². The standard InChI is InChI=1S/C20H16ClN3O5/c1-13-2-5-15(6-3-13)28-12-20(25)23-22-11-16-7-9-19(29-16)17-10-14(24(26)27)4-8-18(17)21/h2-11H,12H2,1H3,(H,23,25)/b22-11+. The van der Waals surface area contributed by atoms with E-state index >= 15 is 0 Å². The number of furan rings is 1. The van der Waals surface area contributed by atoms with Crippen molar-refractivity contribution in [2.24, 2.45) is 5.10 Å². The molecule has 3 aromatic rings. The Morgan fingerprint density at radius 3 is 2.72 bits per heavy atom. The number of amides is 1. The van der Waals surface area contributed by atoms with Crippen LogP contribution in [0.5, 0.6) is 5.75 Å². The first-order valence-electron chi connectivity index (χ1n) is 8.48. The van der Waals surface area contributed by atoms with Crippen LogP contribution in [0.15, 0.2) is 64.1 Å². The maximum atomic E-state index is 11.8. The van der Waals surface area contributed by atoms with E-state index in [-0.39, 0.29) is 12.3 Å². The molecule has 0 aliphatic rings. The number of benzene rings is 2. The summed E-state index contributed by atoms with van der Waals surface area (Å²) < 4.78 is 10.9. The fourth-order valence-corrected chi connectivity index (χ4v) is 2.58. The van der Waals surface area contributed by atoms with Crippen molar-refractivity contribution in [2.45, 2.75) is 6.92 Å². The average molecular weight is 414 g/mol. The van der Waals surface area contributed by atoms with Gasteiger partial charge in [-0.3, -0.25) is 14.9 Å². The number of hydrogen-bond donors (Lipinski definition) is 1. The molecule has 148 valence electrons. The lowest BCUT2D eigenvalue weighted by Gasteiger charge is -2.04. The molecule has 3 rings (SSSR count). The predicted octanol–water partition coefficient (Wildman–Crippen LogP) is 4.35. The molecule has 0 radical (unpaired) electrons. The molecule has 8 nitrogen and oxygen atoms in total. The number of nitrogens with zero attached hydrogens (tertiary/aromatic N) is 2. The molecular formula is C20H16ClN3O5. The number of carbonyl (C=O) groups is 1. The maximum Gasteiger partial charge on any atom is 0.277 e. The Hall–Kier alpha value is -3.65. The molecule has 1 amide bonds. The molecule has 1 aromatic heterocycles. The van der Waals surface area contributed by atoms with Crippen molar-refractivity contribution in [1.82, 2.24) is 5.43 Å². The van der Waals surface area contributed by atoms with Gasteiger partial charge in [-0.25, -0.2) is 5.43 Å². The lowest BCUT2D eigenvalue weighted by molar-refractivity contribution is -0.384. The molecule has 0 unspecified atom stereocenters. The second-order valence-electron chi connectivity index (χ2n) is 6.02. The Bertz CT molecular complexity index is 1060. The fourth-order valence-electron chi connectivity index (χ4n) is 2.37. The van der Waals surface area contributed by atoms with Gasteiger partial charge in [-0.15, -0.1) is 0 Å². The summed E-state index contributed by atoms with van der Waals surface area (Å²) in [6.45, 7) is 1.77. The van der Waals surface area contributed by atoms with E-state index in [0.717, 1.165) is 5.56 Å². The smallest absolute Gasteiger partial charge is 0.277 e. The Labute approximate surface area is 170 Å². The number of hydrazone groups is 1. The second-order valence-corrected chi connectivity index (χ2v) is 6.43. The molecule has 0 spiro atoms.